The summed E-state index contributed by atoms with van der Waals surface area (Å²) in [4.78, 5) is 37.8. The molecule has 0 aliphatic heterocycles. The Hall–Kier alpha value is -0.740. The van der Waals surface area contributed by atoms with E-state index in [0.717, 1.165) is 11.8 Å². The molecule has 32 heavy (non-hydrogen) atoms. The number of esters is 1. The van der Waals surface area contributed by atoms with Crippen LogP contribution in [-0.4, -0.2) is 43.6 Å². The molecule has 8 heteroatoms. The van der Waals surface area contributed by atoms with E-state index in [2.05, 4.69) is 22.6 Å². The second-order valence-electron chi connectivity index (χ2n) is 10.0. The predicted octanol–water partition coefficient (Wildman–Crippen LogP) is 4.56. The summed E-state index contributed by atoms with van der Waals surface area (Å²) in [6.07, 6.45) is 4.23. The Bertz CT molecular complexity index is 905. The van der Waals surface area contributed by atoms with E-state index in [-0.39, 0.29) is 41.5 Å². The average Bonchev–Trinajstić information content (AvgIpc) is 3.02. The molecular weight excluding hydrogens is 546 g/mol. The SMILES string of the molecule is CCC(=O)O[C@]1(C(=O)SCI)CC[C@H]2[C@@H]3C[C@H](F)C4=CC(=O)C=C[C@]4(C)[C@H]3[C@@H](O)C[C@@]21C. The van der Waals surface area contributed by atoms with Gasteiger partial charge in [0.25, 0.3) is 0 Å². The molecule has 176 valence electrons. The highest BCUT2D eigenvalue weighted by atomic mass is 127. The van der Waals surface area contributed by atoms with Crippen molar-refractivity contribution in [1.29, 1.82) is 0 Å². The molecule has 0 spiro atoms. The lowest BCUT2D eigenvalue weighted by atomic mass is 9.46. The van der Waals surface area contributed by atoms with Crippen molar-refractivity contribution in [3.63, 3.8) is 0 Å². The zero-order valence-electron chi connectivity index (χ0n) is 18.6. The zero-order valence-corrected chi connectivity index (χ0v) is 21.6. The molecule has 3 fully saturated rings. The van der Waals surface area contributed by atoms with Gasteiger partial charge in [-0.15, -0.1) is 0 Å². The van der Waals surface area contributed by atoms with Gasteiger partial charge in [-0.05, 0) is 55.2 Å². The largest absolute Gasteiger partial charge is 0.449 e. The first kappa shape index (κ1) is 24.4. The number of ether oxygens (including phenoxy) is 1. The van der Waals surface area contributed by atoms with Crippen molar-refractivity contribution in [2.24, 2.45) is 28.6 Å². The first-order valence-corrected chi connectivity index (χ1v) is 13.8. The molecule has 0 heterocycles. The van der Waals surface area contributed by atoms with Gasteiger partial charge in [0.2, 0.25) is 5.12 Å². The first-order valence-electron chi connectivity index (χ1n) is 11.3. The normalized spacial score (nSPS) is 44.9. The summed E-state index contributed by atoms with van der Waals surface area (Å²) in [7, 11) is 0. The van der Waals surface area contributed by atoms with Crippen LogP contribution in [0.3, 0.4) is 0 Å². The van der Waals surface area contributed by atoms with Crippen LogP contribution >= 0.6 is 34.4 Å². The highest BCUT2D eigenvalue weighted by Crippen LogP contribution is 2.68. The lowest BCUT2D eigenvalue weighted by Crippen LogP contribution is -2.63. The van der Waals surface area contributed by atoms with Gasteiger partial charge in [0.05, 0.1) is 9.86 Å². The Morgan fingerprint density at radius 2 is 2.09 bits per heavy atom. The second-order valence-corrected chi connectivity index (χ2v) is 12.8. The molecule has 0 aromatic heterocycles. The molecule has 3 saturated carbocycles. The third-order valence-electron chi connectivity index (χ3n) is 8.69. The van der Waals surface area contributed by atoms with E-state index in [1.165, 1.54) is 12.2 Å². The molecule has 8 atom stereocenters. The summed E-state index contributed by atoms with van der Waals surface area (Å²) >= 11 is 3.25. The van der Waals surface area contributed by atoms with E-state index in [9.17, 15) is 19.5 Å². The predicted molar refractivity (Wildman–Crippen MR) is 129 cm³/mol. The summed E-state index contributed by atoms with van der Waals surface area (Å²) in [5, 5.41) is 11.3. The maximum absolute atomic E-state index is 15.5. The standard InChI is InChI=1S/C24H30FIO5S/c1-4-19(29)31-24(21(30)32-12-26)8-6-15-14-10-17(25)16-9-13(27)5-7-22(16,2)20(14)18(28)11-23(15,24)3/h5,7,9,14-15,17-18,20,28H,4,6,8,10-12H2,1-3H3/t14-,15-,17-,18-,20+,22-,23-,24-/m0/s1. The number of aliphatic hydroxyl groups is 1. The third-order valence-corrected chi connectivity index (χ3v) is 10.3. The maximum atomic E-state index is 15.5. The number of rotatable bonds is 4. The summed E-state index contributed by atoms with van der Waals surface area (Å²) in [5.41, 5.74) is -2.39. The topological polar surface area (TPSA) is 80.7 Å². The van der Waals surface area contributed by atoms with Crippen molar-refractivity contribution in [1.82, 2.24) is 0 Å². The fourth-order valence-corrected chi connectivity index (χ4v) is 8.86. The van der Waals surface area contributed by atoms with E-state index >= 15 is 4.39 Å². The first-order chi connectivity index (χ1) is 15.0. The van der Waals surface area contributed by atoms with Gasteiger partial charge in [0, 0.05) is 23.2 Å². The van der Waals surface area contributed by atoms with Crippen molar-refractivity contribution in [2.75, 3.05) is 3.76 Å². The average molecular weight is 576 g/mol. The Balaban J connectivity index is 1.78. The number of carbonyl (C=O) groups excluding carboxylic acids is 3. The number of allylic oxidation sites excluding steroid dienone is 4. The number of ketones is 1. The molecule has 0 radical (unpaired) electrons. The minimum absolute atomic E-state index is 0.0676. The Labute approximate surface area is 206 Å². The van der Waals surface area contributed by atoms with Gasteiger partial charge in [-0.2, -0.15) is 0 Å². The quantitative estimate of drug-likeness (QED) is 0.301. The van der Waals surface area contributed by atoms with Gasteiger partial charge in [-0.3, -0.25) is 14.4 Å². The van der Waals surface area contributed by atoms with Crippen LogP contribution in [0.1, 0.15) is 52.9 Å². The van der Waals surface area contributed by atoms with Crippen LogP contribution < -0.4 is 0 Å². The Morgan fingerprint density at radius 3 is 2.75 bits per heavy atom. The molecule has 4 aliphatic carbocycles. The lowest BCUT2D eigenvalue weighted by Gasteiger charge is -2.60. The number of halogens is 2. The van der Waals surface area contributed by atoms with Crippen LogP contribution in [0.2, 0.25) is 0 Å². The maximum Gasteiger partial charge on any atom is 0.306 e. The monoisotopic (exact) mass is 576 g/mol. The van der Waals surface area contributed by atoms with Gasteiger partial charge in [-0.1, -0.05) is 61.2 Å². The summed E-state index contributed by atoms with van der Waals surface area (Å²) in [6, 6.07) is 0. The molecule has 1 N–H and O–H groups in total. The van der Waals surface area contributed by atoms with Crippen LogP contribution in [0.4, 0.5) is 4.39 Å². The van der Waals surface area contributed by atoms with E-state index < -0.39 is 34.7 Å². The smallest absolute Gasteiger partial charge is 0.306 e. The molecule has 0 amide bonds. The Kier molecular flexibility index (Phi) is 6.47. The minimum atomic E-state index is -1.31. The highest BCUT2D eigenvalue weighted by molar-refractivity contribution is 14.1. The van der Waals surface area contributed by atoms with Crippen LogP contribution in [0.15, 0.2) is 23.8 Å². The Morgan fingerprint density at radius 1 is 1.38 bits per heavy atom. The fourth-order valence-electron chi connectivity index (χ4n) is 7.30. The van der Waals surface area contributed by atoms with Crippen molar-refractivity contribution < 1.29 is 28.6 Å². The van der Waals surface area contributed by atoms with Crippen molar-refractivity contribution in [3.05, 3.63) is 23.8 Å². The molecule has 0 bridgehead atoms. The van der Waals surface area contributed by atoms with Crippen molar-refractivity contribution in [2.45, 2.75) is 70.8 Å². The molecule has 4 rings (SSSR count). The van der Waals surface area contributed by atoms with Crippen LogP contribution in [0.25, 0.3) is 0 Å². The zero-order chi connectivity index (χ0) is 23.5. The molecule has 0 unspecified atom stereocenters. The van der Waals surface area contributed by atoms with E-state index in [1.54, 1.807) is 13.0 Å². The summed E-state index contributed by atoms with van der Waals surface area (Å²) in [6.45, 7) is 5.56. The van der Waals surface area contributed by atoms with Crippen LogP contribution in [-0.2, 0) is 19.1 Å². The molecule has 5 nitrogen and oxygen atoms in total. The molecule has 4 aliphatic rings. The van der Waals surface area contributed by atoms with Gasteiger partial charge < -0.3 is 9.84 Å². The van der Waals surface area contributed by atoms with Crippen LogP contribution in [0.5, 0.6) is 0 Å². The van der Waals surface area contributed by atoms with Crippen LogP contribution in [0, 0.1) is 28.6 Å². The van der Waals surface area contributed by atoms with Crippen molar-refractivity contribution in [3.8, 4) is 0 Å². The molecular formula is C24H30FIO5S. The van der Waals surface area contributed by atoms with Crippen molar-refractivity contribution >= 4 is 51.2 Å². The second kappa shape index (κ2) is 8.48. The highest BCUT2D eigenvalue weighted by Gasteiger charge is 2.71. The minimum Gasteiger partial charge on any atom is -0.449 e. The lowest BCUT2D eigenvalue weighted by molar-refractivity contribution is -0.196. The number of aliphatic hydroxyl groups excluding tert-OH is 1. The summed E-state index contributed by atoms with van der Waals surface area (Å²) in [5.74, 6) is -1.15. The van der Waals surface area contributed by atoms with E-state index in [0.29, 0.717) is 28.6 Å². The van der Waals surface area contributed by atoms with E-state index in [1.807, 2.05) is 13.8 Å². The van der Waals surface area contributed by atoms with Gasteiger partial charge in [0.15, 0.2) is 11.4 Å². The summed E-state index contributed by atoms with van der Waals surface area (Å²) < 4.78 is 21.9. The number of alkyl halides is 2. The van der Waals surface area contributed by atoms with Gasteiger partial charge in [0.1, 0.15) is 6.17 Å². The molecule has 0 aromatic rings. The number of hydrogen-bond acceptors (Lipinski definition) is 6. The molecule has 0 saturated heterocycles. The number of thioether (sulfide) groups is 1. The van der Waals surface area contributed by atoms with Gasteiger partial charge in [-0.25, -0.2) is 4.39 Å². The molecule has 0 aromatic carbocycles. The van der Waals surface area contributed by atoms with Gasteiger partial charge >= 0.3 is 5.97 Å². The van der Waals surface area contributed by atoms with E-state index in [4.69, 9.17) is 4.74 Å². The number of hydrogen-bond donors (Lipinski definition) is 1. The fraction of sp³-hybridized carbons (Fsp3) is 0.708. The number of fused-ring (bicyclic) bond motifs is 5. The number of carbonyl (C=O) groups is 3. The third kappa shape index (κ3) is 3.37.